The molecule has 3 aromatic carbocycles. The molecule has 0 saturated carbocycles. The highest BCUT2D eigenvalue weighted by molar-refractivity contribution is 7.92. The van der Waals surface area contributed by atoms with Crippen molar-refractivity contribution in [3.8, 4) is 5.75 Å². The number of sulfonamides is 1. The molecule has 1 atom stereocenters. The predicted molar refractivity (Wildman–Crippen MR) is 150 cm³/mol. The Bertz CT molecular complexity index is 1380. The number of anilines is 1. The number of hydrogen-bond donors (Lipinski definition) is 1. The summed E-state index contributed by atoms with van der Waals surface area (Å²) in [5.41, 5.74) is 3.64. The molecule has 0 aliphatic heterocycles. The van der Waals surface area contributed by atoms with Crippen LogP contribution < -0.4 is 14.4 Å². The molecule has 3 rings (SSSR count). The fraction of sp³-hybridized carbons (Fsp3) is 0.310. The number of rotatable bonds is 11. The van der Waals surface area contributed by atoms with E-state index in [1.807, 2.05) is 61.5 Å². The molecule has 0 saturated heterocycles. The van der Waals surface area contributed by atoms with Crippen LogP contribution in [0.3, 0.4) is 0 Å². The second-order valence-corrected chi connectivity index (χ2v) is 11.2. The Labute approximate surface area is 225 Å². The summed E-state index contributed by atoms with van der Waals surface area (Å²) in [6, 6.07) is 21.2. The van der Waals surface area contributed by atoms with E-state index in [1.165, 1.54) is 11.9 Å². The molecule has 8 nitrogen and oxygen atoms in total. The molecular weight excluding hydrogens is 502 g/mol. The molecule has 38 heavy (non-hydrogen) atoms. The van der Waals surface area contributed by atoms with Crippen molar-refractivity contribution < 1.29 is 22.7 Å². The van der Waals surface area contributed by atoms with E-state index in [9.17, 15) is 18.0 Å². The van der Waals surface area contributed by atoms with E-state index in [-0.39, 0.29) is 18.9 Å². The Morgan fingerprint density at radius 3 is 2.26 bits per heavy atom. The first kappa shape index (κ1) is 28.7. The van der Waals surface area contributed by atoms with Crippen molar-refractivity contribution in [2.45, 2.75) is 32.9 Å². The maximum absolute atomic E-state index is 14.0. The Hall–Kier alpha value is -3.85. The molecule has 0 aromatic heterocycles. The summed E-state index contributed by atoms with van der Waals surface area (Å²) >= 11 is 0. The van der Waals surface area contributed by atoms with Gasteiger partial charge in [0.1, 0.15) is 18.3 Å². The second-order valence-electron chi connectivity index (χ2n) is 9.25. The number of nitrogens with one attached hydrogen (secondary N) is 1. The van der Waals surface area contributed by atoms with Gasteiger partial charge in [-0.25, -0.2) is 8.42 Å². The maximum Gasteiger partial charge on any atom is 0.244 e. The Morgan fingerprint density at radius 2 is 1.63 bits per heavy atom. The van der Waals surface area contributed by atoms with Crippen LogP contribution in [0.4, 0.5) is 5.69 Å². The molecule has 0 heterocycles. The number of likely N-dealkylation sites (N-methyl/N-ethyl adjacent to an activating group) is 1. The number of methoxy groups -OCH3 is 1. The zero-order chi connectivity index (χ0) is 27.9. The monoisotopic (exact) mass is 537 g/mol. The second kappa shape index (κ2) is 12.6. The van der Waals surface area contributed by atoms with E-state index in [2.05, 4.69) is 5.32 Å². The van der Waals surface area contributed by atoms with Crippen LogP contribution in [0.5, 0.6) is 5.75 Å². The van der Waals surface area contributed by atoms with Gasteiger partial charge >= 0.3 is 0 Å². The van der Waals surface area contributed by atoms with Gasteiger partial charge in [-0.1, -0.05) is 54.6 Å². The minimum Gasteiger partial charge on any atom is -0.497 e. The van der Waals surface area contributed by atoms with Gasteiger partial charge in [-0.15, -0.1) is 0 Å². The highest BCUT2D eigenvalue weighted by atomic mass is 32.2. The highest BCUT2D eigenvalue weighted by Crippen LogP contribution is 2.25. The minimum atomic E-state index is -3.81. The van der Waals surface area contributed by atoms with Gasteiger partial charge in [-0.05, 0) is 54.3 Å². The Balaban J connectivity index is 2.06. The van der Waals surface area contributed by atoms with E-state index in [4.69, 9.17) is 4.74 Å². The van der Waals surface area contributed by atoms with Gasteiger partial charge in [0.05, 0.1) is 19.1 Å². The third-order valence-electron chi connectivity index (χ3n) is 6.32. The van der Waals surface area contributed by atoms with Crippen molar-refractivity contribution in [2.75, 3.05) is 31.3 Å². The van der Waals surface area contributed by atoms with Gasteiger partial charge in [0.25, 0.3) is 0 Å². The quantitative estimate of drug-likeness (QED) is 0.404. The molecular formula is C29H35N3O5S. The van der Waals surface area contributed by atoms with Crippen molar-refractivity contribution >= 4 is 27.5 Å². The lowest BCUT2D eigenvalue weighted by Gasteiger charge is -2.33. The molecule has 0 radical (unpaired) electrons. The van der Waals surface area contributed by atoms with Crippen LogP contribution in [0.2, 0.25) is 0 Å². The molecule has 0 aliphatic carbocycles. The molecule has 0 bridgehead atoms. The van der Waals surface area contributed by atoms with Crippen molar-refractivity contribution in [2.24, 2.45) is 0 Å². The fourth-order valence-corrected chi connectivity index (χ4v) is 5.17. The third-order valence-corrected chi connectivity index (χ3v) is 7.44. The minimum absolute atomic E-state index is 0.0886. The number of nitrogens with zero attached hydrogens (tertiary/aromatic N) is 2. The average molecular weight is 538 g/mol. The lowest BCUT2D eigenvalue weighted by molar-refractivity contribution is -0.139. The van der Waals surface area contributed by atoms with Crippen LogP contribution in [0, 0.1) is 13.8 Å². The SMILES string of the molecule is CNC(=O)[C@@H](Cc1ccccc1)N(Cc1cccc(OC)c1)C(=O)CN(c1cc(C)ccc1C)S(C)(=O)=O. The van der Waals surface area contributed by atoms with Gasteiger partial charge in [0, 0.05) is 20.0 Å². The van der Waals surface area contributed by atoms with Crippen LogP contribution in [0.25, 0.3) is 0 Å². The van der Waals surface area contributed by atoms with Crippen molar-refractivity contribution in [3.05, 3.63) is 95.1 Å². The van der Waals surface area contributed by atoms with Crippen LogP contribution in [-0.2, 0) is 32.6 Å². The van der Waals surface area contributed by atoms with Crippen LogP contribution in [0.1, 0.15) is 22.3 Å². The standard InChI is InChI=1S/C29H35N3O5S/c1-21-14-15-22(2)26(16-21)32(38(5,35)36)20-28(33)31(19-24-12-9-13-25(17-24)37-4)27(29(34)30-3)18-23-10-7-6-8-11-23/h6-17,27H,18-20H2,1-5H3,(H,30,34)/t27-/m1/s1. The molecule has 2 amide bonds. The molecule has 3 aromatic rings. The van der Waals surface area contributed by atoms with Crippen molar-refractivity contribution in [3.63, 3.8) is 0 Å². The van der Waals surface area contributed by atoms with E-state index >= 15 is 0 Å². The summed E-state index contributed by atoms with van der Waals surface area (Å²) in [4.78, 5) is 28.6. The first-order valence-corrected chi connectivity index (χ1v) is 14.1. The van der Waals surface area contributed by atoms with Crippen LogP contribution in [0.15, 0.2) is 72.8 Å². The summed E-state index contributed by atoms with van der Waals surface area (Å²) in [7, 11) is -0.739. The normalized spacial score (nSPS) is 11.9. The van der Waals surface area contributed by atoms with Gasteiger partial charge < -0.3 is 15.0 Å². The summed E-state index contributed by atoms with van der Waals surface area (Å²) in [6.45, 7) is 3.30. The number of hydrogen-bond acceptors (Lipinski definition) is 5. The largest absolute Gasteiger partial charge is 0.497 e. The number of carbonyl (C=O) groups excluding carboxylic acids is 2. The van der Waals surface area contributed by atoms with Gasteiger partial charge in [-0.2, -0.15) is 0 Å². The Morgan fingerprint density at radius 1 is 0.947 bits per heavy atom. The lowest BCUT2D eigenvalue weighted by atomic mass is 10.0. The smallest absolute Gasteiger partial charge is 0.244 e. The number of aryl methyl sites for hydroxylation is 2. The average Bonchev–Trinajstić information content (AvgIpc) is 2.90. The van der Waals surface area contributed by atoms with E-state index in [0.29, 0.717) is 11.4 Å². The summed E-state index contributed by atoms with van der Waals surface area (Å²) in [6.07, 6.45) is 1.34. The van der Waals surface area contributed by atoms with E-state index < -0.39 is 28.5 Å². The number of carbonyl (C=O) groups is 2. The van der Waals surface area contributed by atoms with Gasteiger partial charge in [0.2, 0.25) is 21.8 Å². The first-order valence-electron chi connectivity index (χ1n) is 12.3. The topological polar surface area (TPSA) is 96.0 Å². The summed E-state index contributed by atoms with van der Waals surface area (Å²) in [5, 5.41) is 2.67. The maximum atomic E-state index is 14.0. The highest BCUT2D eigenvalue weighted by Gasteiger charge is 2.33. The summed E-state index contributed by atoms with van der Waals surface area (Å²) in [5.74, 6) is -0.228. The molecule has 0 unspecified atom stereocenters. The van der Waals surface area contributed by atoms with Crippen molar-refractivity contribution in [1.29, 1.82) is 0 Å². The molecule has 9 heteroatoms. The van der Waals surface area contributed by atoms with Gasteiger partial charge in [0.15, 0.2) is 0 Å². The predicted octanol–water partition coefficient (Wildman–Crippen LogP) is 3.46. The lowest BCUT2D eigenvalue weighted by Crippen LogP contribution is -2.53. The van der Waals surface area contributed by atoms with E-state index in [1.54, 1.807) is 32.2 Å². The van der Waals surface area contributed by atoms with Gasteiger partial charge in [-0.3, -0.25) is 13.9 Å². The van der Waals surface area contributed by atoms with Crippen LogP contribution >= 0.6 is 0 Å². The first-order chi connectivity index (χ1) is 18.0. The number of amides is 2. The molecule has 0 spiro atoms. The zero-order valence-electron chi connectivity index (χ0n) is 22.5. The van der Waals surface area contributed by atoms with Crippen LogP contribution in [-0.4, -0.2) is 58.1 Å². The molecule has 0 aliphatic rings. The van der Waals surface area contributed by atoms with Crippen molar-refractivity contribution in [1.82, 2.24) is 10.2 Å². The fourth-order valence-electron chi connectivity index (χ4n) is 4.27. The number of benzene rings is 3. The third kappa shape index (κ3) is 7.35. The molecule has 1 N–H and O–H groups in total. The molecule has 0 fully saturated rings. The molecule has 202 valence electrons. The number of ether oxygens (including phenoxy) is 1. The Kier molecular flexibility index (Phi) is 9.52. The van der Waals surface area contributed by atoms with E-state index in [0.717, 1.165) is 32.8 Å². The summed E-state index contributed by atoms with van der Waals surface area (Å²) < 4.78 is 32.3. The zero-order valence-corrected chi connectivity index (χ0v) is 23.3.